The van der Waals surface area contributed by atoms with Crippen molar-refractivity contribution in [1.82, 2.24) is 5.32 Å². The summed E-state index contributed by atoms with van der Waals surface area (Å²) in [5.74, 6) is 0.231. The first-order valence-electron chi connectivity index (χ1n) is 11.5. The van der Waals surface area contributed by atoms with Crippen LogP contribution in [0.1, 0.15) is 22.3 Å². The van der Waals surface area contributed by atoms with Crippen molar-refractivity contribution in [2.24, 2.45) is 4.99 Å². The molecule has 9 nitrogen and oxygen atoms in total. The number of hydrogen-bond acceptors (Lipinski definition) is 8. The molecule has 5 rings (SSSR count). The SMILES string of the molecule is COC(=O)c1ccc(N2C(=O)CC(S/C(=N\c3ccccc3)NCc3ccc4c(c3)OCO4)C2=O)cc1. The summed E-state index contributed by atoms with van der Waals surface area (Å²) in [4.78, 5) is 43.6. The van der Waals surface area contributed by atoms with E-state index in [4.69, 9.17) is 14.2 Å². The van der Waals surface area contributed by atoms with Crippen LogP contribution in [0.5, 0.6) is 11.5 Å². The first-order chi connectivity index (χ1) is 18.0. The summed E-state index contributed by atoms with van der Waals surface area (Å²) in [6.45, 7) is 0.630. The molecule has 1 saturated heterocycles. The third kappa shape index (κ3) is 5.44. The van der Waals surface area contributed by atoms with Gasteiger partial charge in [0.15, 0.2) is 16.7 Å². The molecule has 1 atom stereocenters. The number of thioether (sulfide) groups is 1. The number of imide groups is 1. The predicted molar refractivity (Wildman–Crippen MR) is 139 cm³/mol. The molecule has 2 heterocycles. The zero-order chi connectivity index (χ0) is 25.8. The fourth-order valence-corrected chi connectivity index (χ4v) is 4.94. The fourth-order valence-electron chi connectivity index (χ4n) is 3.92. The molecule has 0 radical (unpaired) electrons. The van der Waals surface area contributed by atoms with Gasteiger partial charge in [-0.2, -0.15) is 0 Å². The van der Waals surface area contributed by atoms with Crippen molar-refractivity contribution in [1.29, 1.82) is 0 Å². The summed E-state index contributed by atoms with van der Waals surface area (Å²) in [5, 5.41) is 3.16. The average molecular weight is 518 g/mol. The lowest BCUT2D eigenvalue weighted by Crippen LogP contribution is -2.32. The number of amides is 2. The molecule has 3 aromatic carbocycles. The van der Waals surface area contributed by atoms with Crippen LogP contribution in [0.25, 0.3) is 0 Å². The second-order valence-corrected chi connectivity index (χ2v) is 9.40. The highest BCUT2D eigenvalue weighted by Crippen LogP contribution is 2.33. The molecule has 2 aliphatic heterocycles. The van der Waals surface area contributed by atoms with E-state index in [1.54, 1.807) is 12.1 Å². The molecule has 1 unspecified atom stereocenters. The highest BCUT2D eigenvalue weighted by atomic mass is 32.2. The van der Waals surface area contributed by atoms with Crippen LogP contribution in [0.4, 0.5) is 11.4 Å². The van der Waals surface area contributed by atoms with E-state index >= 15 is 0 Å². The number of nitrogens with zero attached hydrogens (tertiary/aromatic N) is 2. The van der Waals surface area contributed by atoms with Gasteiger partial charge in [-0.15, -0.1) is 0 Å². The lowest BCUT2D eigenvalue weighted by molar-refractivity contribution is -0.121. The number of esters is 1. The molecule has 2 amide bonds. The van der Waals surface area contributed by atoms with Crippen molar-refractivity contribution in [3.05, 3.63) is 83.9 Å². The Kier molecular flexibility index (Phi) is 7.09. The topological polar surface area (TPSA) is 107 Å². The molecule has 0 spiro atoms. The van der Waals surface area contributed by atoms with Gasteiger partial charge in [0.2, 0.25) is 18.6 Å². The summed E-state index contributed by atoms with van der Waals surface area (Å²) in [6, 6.07) is 21.2. The van der Waals surface area contributed by atoms with Crippen LogP contribution in [0.3, 0.4) is 0 Å². The number of carbonyl (C=O) groups is 3. The van der Waals surface area contributed by atoms with Gasteiger partial charge in [0.05, 0.1) is 24.0 Å². The fraction of sp³-hybridized carbons (Fsp3) is 0.185. The van der Waals surface area contributed by atoms with Gasteiger partial charge in [-0.25, -0.2) is 14.7 Å². The van der Waals surface area contributed by atoms with Crippen molar-refractivity contribution in [3.63, 3.8) is 0 Å². The van der Waals surface area contributed by atoms with E-state index < -0.39 is 11.2 Å². The van der Waals surface area contributed by atoms with Crippen LogP contribution in [-0.2, 0) is 20.9 Å². The molecule has 0 saturated carbocycles. The van der Waals surface area contributed by atoms with Crippen molar-refractivity contribution in [2.45, 2.75) is 18.2 Å². The van der Waals surface area contributed by atoms with Gasteiger partial charge in [-0.3, -0.25) is 9.59 Å². The Labute approximate surface area is 217 Å². The van der Waals surface area contributed by atoms with E-state index in [-0.39, 0.29) is 25.0 Å². The lowest BCUT2D eigenvalue weighted by atomic mass is 10.2. The monoisotopic (exact) mass is 517 g/mol. The smallest absolute Gasteiger partial charge is 0.337 e. The summed E-state index contributed by atoms with van der Waals surface area (Å²) in [7, 11) is 1.29. The molecular weight excluding hydrogens is 494 g/mol. The van der Waals surface area contributed by atoms with E-state index in [1.165, 1.54) is 31.0 Å². The maximum absolute atomic E-state index is 13.3. The Morgan fingerprint density at radius 3 is 2.57 bits per heavy atom. The number of amidine groups is 1. The number of rotatable bonds is 6. The van der Waals surface area contributed by atoms with E-state index in [0.717, 1.165) is 16.2 Å². The zero-order valence-corrected chi connectivity index (χ0v) is 20.7. The van der Waals surface area contributed by atoms with Gasteiger partial charge in [0, 0.05) is 13.0 Å². The standard InChI is InChI=1S/C27H23N3O6S/c1-34-26(33)18-8-10-20(11-9-18)30-24(31)14-23(25(30)32)37-27(29-19-5-3-2-4-6-19)28-15-17-7-12-21-22(13-17)36-16-35-21/h2-13,23H,14-16H2,1H3,(H,28,29). The number of para-hydroxylation sites is 1. The molecule has 3 aromatic rings. The number of carbonyl (C=O) groups excluding carboxylic acids is 3. The van der Waals surface area contributed by atoms with Crippen LogP contribution in [0.2, 0.25) is 0 Å². The normalized spacial score (nSPS) is 16.7. The van der Waals surface area contributed by atoms with Crippen molar-refractivity contribution >= 4 is 46.1 Å². The number of aliphatic imine (C=N–C) groups is 1. The first kappa shape index (κ1) is 24.4. The highest BCUT2D eigenvalue weighted by molar-refractivity contribution is 8.15. The van der Waals surface area contributed by atoms with Gasteiger partial charge in [-0.1, -0.05) is 36.0 Å². The van der Waals surface area contributed by atoms with Gasteiger partial charge in [-0.05, 0) is 54.1 Å². The molecule has 1 fully saturated rings. The number of anilines is 1. The Bertz CT molecular complexity index is 1360. The number of benzene rings is 3. The molecule has 37 heavy (non-hydrogen) atoms. The van der Waals surface area contributed by atoms with E-state index in [2.05, 4.69) is 10.3 Å². The van der Waals surface area contributed by atoms with Gasteiger partial charge >= 0.3 is 5.97 Å². The second-order valence-electron chi connectivity index (χ2n) is 8.21. The molecule has 0 aromatic heterocycles. The number of fused-ring (bicyclic) bond motifs is 1. The molecule has 2 aliphatic rings. The predicted octanol–water partition coefficient (Wildman–Crippen LogP) is 4.04. The number of methoxy groups -OCH3 is 1. The number of nitrogens with one attached hydrogen (secondary N) is 1. The molecule has 188 valence electrons. The van der Waals surface area contributed by atoms with Crippen LogP contribution in [0, 0.1) is 0 Å². The number of hydrogen-bond donors (Lipinski definition) is 1. The Morgan fingerprint density at radius 2 is 1.81 bits per heavy atom. The van der Waals surface area contributed by atoms with E-state index in [1.807, 2.05) is 48.5 Å². The van der Waals surface area contributed by atoms with Crippen molar-refractivity contribution in [2.75, 3.05) is 18.8 Å². The minimum Gasteiger partial charge on any atom is -0.465 e. The summed E-state index contributed by atoms with van der Waals surface area (Å²) in [5.41, 5.74) is 2.41. The largest absolute Gasteiger partial charge is 0.465 e. The number of ether oxygens (including phenoxy) is 3. The van der Waals surface area contributed by atoms with E-state index in [9.17, 15) is 14.4 Å². The maximum atomic E-state index is 13.3. The minimum absolute atomic E-state index is 0.0295. The van der Waals surface area contributed by atoms with Crippen LogP contribution >= 0.6 is 11.8 Å². The summed E-state index contributed by atoms with van der Waals surface area (Å²) < 4.78 is 15.5. The average Bonchev–Trinajstić information content (AvgIpc) is 3.50. The van der Waals surface area contributed by atoms with Gasteiger partial charge in [0.1, 0.15) is 5.25 Å². The quantitative estimate of drug-likeness (QED) is 0.226. The third-order valence-corrected chi connectivity index (χ3v) is 6.88. The Balaban J connectivity index is 1.33. The van der Waals surface area contributed by atoms with Crippen LogP contribution in [-0.4, -0.2) is 42.1 Å². The summed E-state index contributed by atoms with van der Waals surface area (Å²) in [6.07, 6.45) is 0.0295. The Morgan fingerprint density at radius 1 is 1.05 bits per heavy atom. The minimum atomic E-state index is -0.653. The first-order valence-corrected chi connectivity index (χ1v) is 12.4. The van der Waals surface area contributed by atoms with Gasteiger partial charge < -0.3 is 19.5 Å². The van der Waals surface area contributed by atoms with E-state index in [0.29, 0.717) is 34.5 Å². The lowest BCUT2D eigenvalue weighted by Gasteiger charge is -2.16. The third-order valence-electron chi connectivity index (χ3n) is 5.77. The Hall–Kier alpha value is -4.31. The molecule has 1 N–H and O–H groups in total. The summed E-state index contributed by atoms with van der Waals surface area (Å²) >= 11 is 1.21. The highest BCUT2D eigenvalue weighted by Gasteiger charge is 2.41. The zero-order valence-electron chi connectivity index (χ0n) is 19.9. The van der Waals surface area contributed by atoms with Gasteiger partial charge in [0.25, 0.3) is 0 Å². The van der Waals surface area contributed by atoms with Crippen LogP contribution in [0.15, 0.2) is 77.8 Å². The molecular formula is C27H23N3O6S. The second kappa shape index (κ2) is 10.8. The van der Waals surface area contributed by atoms with Crippen LogP contribution < -0.4 is 19.7 Å². The molecule has 10 heteroatoms. The van der Waals surface area contributed by atoms with Crippen molar-refractivity contribution < 1.29 is 28.6 Å². The molecule has 0 bridgehead atoms. The molecule has 0 aliphatic carbocycles. The maximum Gasteiger partial charge on any atom is 0.337 e. The van der Waals surface area contributed by atoms with Crippen molar-refractivity contribution in [3.8, 4) is 11.5 Å².